The molecule has 0 aliphatic rings. The van der Waals surface area contributed by atoms with Gasteiger partial charge in [0.25, 0.3) is 0 Å². The zero-order valence-electron chi connectivity index (χ0n) is 32.0. The van der Waals surface area contributed by atoms with Crippen LogP contribution in [-0.2, 0) is 23.8 Å². The van der Waals surface area contributed by atoms with Gasteiger partial charge in [0.1, 0.15) is 17.2 Å². The van der Waals surface area contributed by atoms with E-state index in [2.05, 4.69) is 13.2 Å². The zero-order valence-corrected chi connectivity index (χ0v) is 32.0. The number of rotatable bonds is 24. The van der Waals surface area contributed by atoms with Crippen molar-refractivity contribution in [2.75, 3.05) is 39.6 Å². The van der Waals surface area contributed by atoms with Gasteiger partial charge in [-0.25, -0.2) is 24.0 Å². The molecule has 0 saturated heterocycles. The number of benzene rings is 4. The molecule has 0 saturated carbocycles. The number of unbranched alkanes of at least 4 members (excludes halogenated alkanes) is 2. The van der Waals surface area contributed by atoms with Gasteiger partial charge in [0.2, 0.25) is 11.6 Å². The topological polar surface area (TPSA) is 159 Å². The minimum atomic E-state index is -1.53. The average molecular weight is 817 g/mol. The van der Waals surface area contributed by atoms with E-state index < -0.39 is 53.0 Å². The Balaban J connectivity index is 1.13. The van der Waals surface area contributed by atoms with Crippen molar-refractivity contribution in [2.45, 2.75) is 32.1 Å². The summed E-state index contributed by atoms with van der Waals surface area (Å²) in [5.41, 5.74) is 0.410. The van der Waals surface area contributed by atoms with Crippen LogP contribution >= 0.6 is 0 Å². The molecule has 0 fully saturated rings. The van der Waals surface area contributed by atoms with E-state index in [1.807, 2.05) is 0 Å². The van der Waals surface area contributed by atoms with Crippen LogP contribution in [0.3, 0.4) is 0 Å². The molecule has 59 heavy (non-hydrogen) atoms. The highest BCUT2D eigenvalue weighted by Gasteiger charge is 2.21. The van der Waals surface area contributed by atoms with Crippen LogP contribution in [0.25, 0.3) is 0 Å². The second-order valence-corrected chi connectivity index (χ2v) is 12.2. The molecule has 0 amide bonds. The van der Waals surface area contributed by atoms with Gasteiger partial charge in [0.05, 0.1) is 56.3 Å². The molecule has 13 nitrogen and oxygen atoms in total. The summed E-state index contributed by atoms with van der Waals surface area (Å²) in [4.78, 5) is 59.7. The van der Waals surface area contributed by atoms with Gasteiger partial charge >= 0.3 is 29.8 Å². The highest BCUT2D eigenvalue weighted by Crippen LogP contribution is 2.29. The van der Waals surface area contributed by atoms with E-state index in [0.717, 1.165) is 24.3 Å². The van der Waals surface area contributed by atoms with Crippen LogP contribution in [0.4, 0.5) is 8.78 Å². The molecular weight excluding hydrogens is 774 g/mol. The number of hydrogen-bond acceptors (Lipinski definition) is 13. The zero-order chi connectivity index (χ0) is 42.4. The predicted molar refractivity (Wildman–Crippen MR) is 208 cm³/mol. The average Bonchev–Trinajstić information content (AvgIpc) is 3.26. The third kappa shape index (κ3) is 15.1. The molecule has 0 atom stereocenters. The molecule has 15 heteroatoms. The van der Waals surface area contributed by atoms with Gasteiger partial charge in [-0.15, -0.1) is 0 Å². The fourth-order valence-electron chi connectivity index (χ4n) is 4.80. The van der Waals surface area contributed by atoms with Crippen molar-refractivity contribution in [2.24, 2.45) is 0 Å². The third-order valence-electron chi connectivity index (χ3n) is 7.91. The number of ether oxygens (including phenoxy) is 8. The van der Waals surface area contributed by atoms with Gasteiger partial charge in [-0.2, -0.15) is 8.78 Å². The summed E-state index contributed by atoms with van der Waals surface area (Å²) >= 11 is 0. The fraction of sp³-hybridized carbons (Fsp3) is 0.250. The highest BCUT2D eigenvalue weighted by molar-refractivity contribution is 5.92. The number of carbonyl (C=O) groups excluding carboxylic acids is 5. The van der Waals surface area contributed by atoms with Crippen LogP contribution in [-0.4, -0.2) is 69.5 Å². The maximum absolute atomic E-state index is 14.9. The van der Waals surface area contributed by atoms with Gasteiger partial charge < -0.3 is 37.9 Å². The second kappa shape index (κ2) is 23.9. The number of carbonyl (C=O) groups is 5. The maximum atomic E-state index is 14.9. The molecule has 0 bridgehead atoms. The first kappa shape index (κ1) is 44.7. The number of hydrogen-bond donors (Lipinski definition) is 0. The SMILES string of the molecule is C=CC(=O)OCCCCOc1ccc(C(=O)OCCCOc2ccc(C(=O)Oc3ccc(OC(=O)c4ccc(OCCCCOC(=O)C=C)cc4)c(F)c3F)cc2)cc1. The minimum Gasteiger partial charge on any atom is -0.494 e. The molecule has 0 heterocycles. The number of halogens is 2. The largest absolute Gasteiger partial charge is 0.494 e. The molecule has 0 aliphatic heterocycles. The van der Waals surface area contributed by atoms with E-state index in [0.29, 0.717) is 68.1 Å². The smallest absolute Gasteiger partial charge is 0.343 e. The Hall–Kier alpha value is -7.03. The maximum Gasteiger partial charge on any atom is 0.343 e. The Kier molecular flexibility index (Phi) is 18.1. The quantitative estimate of drug-likeness (QED) is 0.0222. The lowest BCUT2D eigenvalue weighted by Gasteiger charge is -2.11. The van der Waals surface area contributed by atoms with Gasteiger partial charge in [-0.3, -0.25) is 0 Å². The molecule has 0 aromatic heterocycles. The van der Waals surface area contributed by atoms with Gasteiger partial charge in [-0.1, -0.05) is 13.2 Å². The summed E-state index contributed by atoms with van der Waals surface area (Å²) in [6.07, 6.45) is 5.06. The molecule has 0 spiro atoms. The van der Waals surface area contributed by atoms with E-state index in [1.165, 1.54) is 48.5 Å². The standard InChI is InChI=1S/C44H42F2O13/c1-3-38(47)55-26-7-5-24-52-33-16-10-30(11-17-33)42(49)57-29-9-28-54-35-20-14-32(15-21-35)44(51)59-37-23-22-36(40(45)41(37)46)58-43(50)31-12-18-34(19-13-31)53-25-6-8-27-56-39(48)4-2/h3-4,10-23H,1-2,5-9,24-29H2. The van der Waals surface area contributed by atoms with Crippen LogP contribution in [0.2, 0.25) is 0 Å². The molecular formula is C44H42F2O13. The Bertz CT molecular complexity index is 2050. The van der Waals surface area contributed by atoms with Crippen molar-refractivity contribution < 1.29 is 70.6 Å². The van der Waals surface area contributed by atoms with Gasteiger partial charge in [-0.05, 0) is 111 Å². The molecule has 0 N–H and O–H groups in total. The lowest BCUT2D eigenvalue weighted by molar-refractivity contribution is -0.138. The van der Waals surface area contributed by atoms with Crippen molar-refractivity contribution in [3.8, 4) is 28.7 Å². The minimum absolute atomic E-state index is 0.0194. The van der Waals surface area contributed by atoms with E-state index >= 15 is 0 Å². The van der Waals surface area contributed by atoms with Crippen LogP contribution in [0.15, 0.2) is 110 Å². The van der Waals surface area contributed by atoms with E-state index in [4.69, 9.17) is 37.9 Å². The predicted octanol–water partition coefficient (Wildman–Crippen LogP) is 7.81. The van der Waals surface area contributed by atoms with Gasteiger partial charge in [0.15, 0.2) is 11.5 Å². The summed E-state index contributed by atoms with van der Waals surface area (Å²) in [6, 6.07) is 19.9. The fourth-order valence-corrected chi connectivity index (χ4v) is 4.80. The molecule has 310 valence electrons. The van der Waals surface area contributed by atoms with E-state index in [-0.39, 0.29) is 37.6 Å². The monoisotopic (exact) mass is 816 g/mol. The van der Waals surface area contributed by atoms with Crippen LogP contribution in [0.5, 0.6) is 28.7 Å². The summed E-state index contributed by atoms with van der Waals surface area (Å²) in [5.74, 6) is -6.49. The normalized spacial score (nSPS) is 10.4. The Morgan fingerprint density at radius 3 is 1.12 bits per heavy atom. The molecule has 4 aromatic rings. The van der Waals surface area contributed by atoms with Crippen molar-refractivity contribution in [1.82, 2.24) is 0 Å². The van der Waals surface area contributed by atoms with Crippen molar-refractivity contribution >= 4 is 29.8 Å². The Morgan fingerprint density at radius 1 is 0.424 bits per heavy atom. The lowest BCUT2D eigenvalue weighted by atomic mass is 10.2. The van der Waals surface area contributed by atoms with Crippen molar-refractivity contribution in [3.63, 3.8) is 0 Å². The molecule has 0 aliphatic carbocycles. The molecule has 4 aromatic carbocycles. The van der Waals surface area contributed by atoms with Crippen molar-refractivity contribution in [3.05, 3.63) is 139 Å². The van der Waals surface area contributed by atoms with Crippen LogP contribution in [0, 0.1) is 11.6 Å². The lowest BCUT2D eigenvalue weighted by Crippen LogP contribution is -2.12. The summed E-state index contributed by atoms with van der Waals surface area (Å²) in [7, 11) is 0. The molecule has 0 radical (unpaired) electrons. The summed E-state index contributed by atoms with van der Waals surface area (Å²) < 4.78 is 71.7. The van der Waals surface area contributed by atoms with E-state index in [9.17, 15) is 32.8 Å². The Labute approximate surface area is 339 Å². The Morgan fingerprint density at radius 2 is 0.746 bits per heavy atom. The third-order valence-corrected chi connectivity index (χ3v) is 7.91. The summed E-state index contributed by atoms with van der Waals surface area (Å²) in [6.45, 7) is 8.18. The molecule has 0 unspecified atom stereocenters. The summed E-state index contributed by atoms with van der Waals surface area (Å²) in [5, 5.41) is 0. The molecule has 4 rings (SSSR count). The van der Waals surface area contributed by atoms with E-state index in [1.54, 1.807) is 24.3 Å². The second-order valence-electron chi connectivity index (χ2n) is 12.2. The van der Waals surface area contributed by atoms with Crippen LogP contribution < -0.4 is 23.7 Å². The van der Waals surface area contributed by atoms with Gasteiger partial charge in [0, 0.05) is 18.6 Å². The first-order valence-electron chi connectivity index (χ1n) is 18.4. The first-order chi connectivity index (χ1) is 28.6. The van der Waals surface area contributed by atoms with Crippen LogP contribution in [0.1, 0.15) is 63.2 Å². The first-order valence-corrected chi connectivity index (χ1v) is 18.4. The number of esters is 5. The highest BCUT2D eigenvalue weighted by atomic mass is 19.2. The van der Waals surface area contributed by atoms with Crippen molar-refractivity contribution in [1.29, 1.82) is 0 Å².